The molecule has 2 aromatic rings. The molecule has 1 atom stereocenters. The minimum absolute atomic E-state index is 0.0802. The highest BCUT2D eigenvalue weighted by Crippen LogP contribution is 2.33. The van der Waals surface area contributed by atoms with Crippen LogP contribution in [0.2, 0.25) is 10.0 Å². The second-order valence-corrected chi connectivity index (χ2v) is 6.56. The monoisotopic (exact) mass is 419 g/mol. The van der Waals surface area contributed by atoms with Crippen LogP contribution >= 0.6 is 45.8 Å². The zero-order valence-electron chi connectivity index (χ0n) is 11.4. The molecule has 0 spiro atoms. The summed E-state index contributed by atoms with van der Waals surface area (Å²) in [6.45, 7) is 5.09. The van der Waals surface area contributed by atoms with Crippen molar-refractivity contribution in [2.24, 2.45) is 0 Å². The van der Waals surface area contributed by atoms with Crippen molar-refractivity contribution < 1.29 is 0 Å². The first-order valence-electron chi connectivity index (χ1n) is 6.48. The lowest BCUT2D eigenvalue weighted by Gasteiger charge is -2.22. The third-order valence-electron chi connectivity index (χ3n) is 3.21. The lowest BCUT2D eigenvalue weighted by molar-refractivity contribution is 0.628. The summed E-state index contributed by atoms with van der Waals surface area (Å²) in [5.74, 6) is 0. The summed E-state index contributed by atoms with van der Waals surface area (Å²) in [7, 11) is 0. The number of aryl methyl sites for hydroxylation is 1. The summed E-state index contributed by atoms with van der Waals surface area (Å²) in [6, 6.07) is 12.1. The van der Waals surface area contributed by atoms with Crippen LogP contribution in [0.15, 0.2) is 36.4 Å². The maximum Gasteiger partial charge on any atom is 0.0601 e. The van der Waals surface area contributed by atoms with Gasteiger partial charge in [-0.25, -0.2) is 0 Å². The number of hydrogen-bond donors (Lipinski definition) is 1. The van der Waals surface area contributed by atoms with Crippen LogP contribution in [0.25, 0.3) is 0 Å². The average molecular weight is 420 g/mol. The number of nitrogens with one attached hydrogen (secondary N) is 1. The van der Waals surface area contributed by atoms with Gasteiger partial charge < -0.3 is 5.32 Å². The summed E-state index contributed by atoms with van der Waals surface area (Å²) < 4.78 is 1.27. The zero-order valence-corrected chi connectivity index (χ0v) is 15.1. The maximum atomic E-state index is 6.38. The molecule has 0 radical (unpaired) electrons. The Balaban J connectivity index is 2.53. The molecule has 0 amide bonds. The first-order chi connectivity index (χ1) is 9.54. The van der Waals surface area contributed by atoms with E-state index in [1.807, 2.05) is 12.1 Å². The molecule has 0 heterocycles. The predicted octanol–water partition coefficient (Wildman–Crippen LogP) is 5.61. The van der Waals surface area contributed by atoms with Gasteiger partial charge in [0.15, 0.2) is 0 Å². The summed E-state index contributed by atoms with van der Waals surface area (Å²) in [5.41, 5.74) is 3.58. The van der Waals surface area contributed by atoms with E-state index in [-0.39, 0.29) is 6.04 Å². The molecule has 0 aliphatic carbocycles. The molecule has 2 aromatic carbocycles. The first kappa shape index (κ1) is 16.1. The van der Waals surface area contributed by atoms with Gasteiger partial charge in [-0.3, -0.25) is 0 Å². The van der Waals surface area contributed by atoms with E-state index in [4.69, 9.17) is 23.2 Å². The first-order valence-corrected chi connectivity index (χ1v) is 8.31. The van der Waals surface area contributed by atoms with Crippen LogP contribution in [0, 0.1) is 10.5 Å². The standard InChI is InChI=1S/C16H16Cl2IN/c1-3-20-16(12-8-7-11(17)9-14(12)18)13-6-4-5-10(2)15(13)19/h4-9,16,20H,3H2,1-2H3. The molecular formula is C16H16Cl2IN. The van der Waals surface area contributed by atoms with E-state index in [2.05, 4.69) is 60.0 Å². The molecule has 0 bridgehead atoms. The van der Waals surface area contributed by atoms with Crippen LogP contribution in [-0.4, -0.2) is 6.54 Å². The van der Waals surface area contributed by atoms with Gasteiger partial charge in [0.2, 0.25) is 0 Å². The Kier molecular flexibility index (Phi) is 5.73. The number of hydrogen-bond acceptors (Lipinski definition) is 1. The highest BCUT2D eigenvalue weighted by molar-refractivity contribution is 14.1. The van der Waals surface area contributed by atoms with Gasteiger partial charge in [0.1, 0.15) is 0 Å². The van der Waals surface area contributed by atoms with Crippen LogP contribution in [0.3, 0.4) is 0 Å². The van der Waals surface area contributed by atoms with Crippen LogP contribution in [0.1, 0.15) is 29.7 Å². The molecule has 1 unspecified atom stereocenters. The highest BCUT2D eigenvalue weighted by Gasteiger charge is 2.19. The minimum atomic E-state index is 0.0802. The van der Waals surface area contributed by atoms with Crippen molar-refractivity contribution in [3.63, 3.8) is 0 Å². The normalized spacial score (nSPS) is 12.4. The molecule has 2 rings (SSSR count). The summed E-state index contributed by atoms with van der Waals surface area (Å²) in [4.78, 5) is 0. The predicted molar refractivity (Wildman–Crippen MR) is 95.9 cm³/mol. The SMILES string of the molecule is CCNC(c1ccc(Cl)cc1Cl)c1cccc(C)c1I. The van der Waals surface area contributed by atoms with Gasteiger partial charge in [0.05, 0.1) is 6.04 Å². The van der Waals surface area contributed by atoms with Gasteiger partial charge in [-0.2, -0.15) is 0 Å². The summed E-state index contributed by atoms with van der Waals surface area (Å²) >= 11 is 14.8. The van der Waals surface area contributed by atoms with Gasteiger partial charge in [0.25, 0.3) is 0 Å². The molecule has 0 aliphatic rings. The smallest absolute Gasteiger partial charge is 0.0601 e. The van der Waals surface area contributed by atoms with Gasteiger partial charge in [-0.1, -0.05) is 54.4 Å². The highest BCUT2D eigenvalue weighted by atomic mass is 127. The topological polar surface area (TPSA) is 12.0 Å². The van der Waals surface area contributed by atoms with Crippen LogP contribution in [0.4, 0.5) is 0 Å². The third-order valence-corrected chi connectivity index (χ3v) is 5.25. The number of halogens is 3. The van der Waals surface area contributed by atoms with Crippen LogP contribution in [0.5, 0.6) is 0 Å². The largest absolute Gasteiger partial charge is 0.306 e. The second kappa shape index (κ2) is 7.12. The summed E-state index contributed by atoms with van der Waals surface area (Å²) in [5, 5.41) is 4.87. The molecule has 0 aliphatic heterocycles. The van der Waals surface area contributed by atoms with Crippen molar-refractivity contribution in [1.82, 2.24) is 5.32 Å². The molecule has 0 saturated heterocycles. The molecule has 1 N–H and O–H groups in total. The average Bonchev–Trinajstić information content (AvgIpc) is 2.40. The molecule has 106 valence electrons. The third kappa shape index (κ3) is 3.48. The van der Waals surface area contributed by atoms with Gasteiger partial charge in [-0.15, -0.1) is 0 Å². The maximum absolute atomic E-state index is 6.38. The quantitative estimate of drug-likeness (QED) is 0.635. The molecule has 0 aromatic heterocycles. The fourth-order valence-corrected chi connectivity index (χ4v) is 3.41. The van der Waals surface area contributed by atoms with Gasteiger partial charge >= 0.3 is 0 Å². The van der Waals surface area contributed by atoms with Crippen molar-refractivity contribution in [2.75, 3.05) is 6.54 Å². The fraction of sp³-hybridized carbons (Fsp3) is 0.250. The Morgan fingerprint density at radius 3 is 2.55 bits per heavy atom. The van der Waals surface area contributed by atoms with E-state index in [0.29, 0.717) is 10.0 Å². The Morgan fingerprint density at radius 1 is 1.15 bits per heavy atom. The van der Waals surface area contributed by atoms with Crippen molar-refractivity contribution in [3.05, 3.63) is 66.7 Å². The minimum Gasteiger partial charge on any atom is -0.306 e. The molecule has 1 nitrogen and oxygen atoms in total. The van der Waals surface area contributed by atoms with E-state index in [9.17, 15) is 0 Å². The second-order valence-electron chi connectivity index (χ2n) is 4.63. The van der Waals surface area contributed by atoms with E-state index in [0.717, 1.165) is 12.1 Å². The van der Waals surface area contributed by atoms with E-state index >= 15 is 0 Å². The van der Waals surface area contributed by atoms with E-state index in [1.165, 1.54) is 14.7 Å². The van der Waals surface area contributed by atoms with Crippen LogP contribution < -0.4 is 5.32 Å². The van der Waals surface area contributed by atoms with Crippen molar-refractivity contribution >= 4 is 45.8 Å². The zero-order chi connectivity index (χ0) is 14.7. The molecule has 4 heteroatoms. The Bertz CT molecular complexity index is 613. The molecule has 0 fully saturated rings. The van der Waals surface area contributed by atoms with Gasteiger partial charge in [-0.05, 0) is 64.9 Å². The number of rotatable bonds is 4. The molecular weight excluding hydrogens is 404 g/mol. The number of benzene rings is 2. The van der Waals surface area contributed by atoms with E-state index < -0.39 is 0 Å². The Hall–Kier alpha value is -0.290. The lowest BCUT2D eigenvalue weighted by atomic mass is 9.97. The van der Waals surface area contributed by atoms with Gasteiger partial charge in [0, 0.05) is 13.6 Å². The van der Waals surface area contributed by atoms with Crippen molar-refractivity contribution in [3.8, 4) is 0 Å². The Labute approximate surface area is 143 Å². The molecule has 0 saturated carbocycles. The fourth-order valence-electron chi connectivity index (χ4n) is 2.22. The van der Waals surface area contributed by atoms with Crippen molar-refractivity contribution in [2.45, 2.75) is 19.9 Å². The Morgan fingerprint density at radius 2 is 1.90 bits per heavy atom. The van der Waals surface area contributed by atoms with E-state index in [1.54, 1.807) is 6.07 Å². The van der Waals surface area contributed by atoms with Crippen molar-refractivity contribution in [1.29, 1.82) is 0 Å². The summed E-state index contributed by atoms with van der Waals surface area (Å²) in [6.07, 6.45) is 0. The molecule has 20 heavy (non-hydrogen) atoms. The van der Waals surface area contributed by atoms with Crippen LogP contribution in [-0.2, 0) is 0 Å². The lowest BCUT2D eigenvalue weighted by Crippen LogP contribution is -2.23.